The summed E-state index contributed by atoms with van der Waals surface area (Å²) in [6.07, 6.45) is 5.11. The maximum absolute atomic E-state index is 12.9. The summed E-state index contributed by atoms with van der Waals surface area (Å²) in [7, 11) is 0. The molecule has 0 spiro atoms. The lowest BCUT2D eigenvalue weighted by molar-refractivity contribution is -0.120. The van der Waals surface area contributed by atoms with Gasteiger partial charge in [0.25, 0.3) is 5.91 Å². The Labute approximate surface area is 194 Å². The van der Waals surface area contributed by atoms with Gasteiger partial charge in [0.1, 0.15) is 0 Å². The minimum Gasteiger partial charge on any atom is -0.371 e. The second kappa shape index (κ2) is 10.8. The summed E-state index contributed by atoms with van der Waals surface area (Å²) >= 11 is 0. The summed E-state index contributed by atoms with van der Waals surface area (Å²) in [4.78, 5) is 32.0. The van der Waals surface area contributed by atoms with E-state index in [9.17, 15) is 9.59 Å². The molecular weight excluding hydrogens is 424 g/mol. The summed E-state index contributed by atoms with van der Waals surface area (Å²) < 4.78 is 0. The van der Waals surface area contributed by atoms with Crippen LogP contribution in [0.1, 0.15) is 28.8 Å². The molecular formula is C25H27ClN4O2. The van der Waals surface area contributed by atoms with Gasteiger partial charge in [0.05, 0.1) is 11.3 Å². The molecule has 2 aromatic carbocycles. The number of carbonyl (C=O) groups excluding carboxylic acids is 2. The fourth-order valence-electron chi connectivity index (χ4n) is 3.81. The van der Waals surface area contributed by atoms with Crippen molar-refractivity contribution in [2.75, 3.05) is 28.6 Å². The number of hydrogen-bond acceptors (Lipinski definition) is 4. The van der Waals surface area contributed by atoms with Gasteiger partial charge < -0.3 is 15.5 Å². The van der Waals surface area contributed by atoms with E-state index in [4.69, 9.17) is 0 Å². The minimum atomic E-state index is -0.243. The van der Waals surface area contributed by atoms with Gasteiger partial charge in [-0.15, -0.1) is 12.4 Å². The highest BCUT2D eigenvalue weighted by atomic mass is 35.5. The van der Waals surface area contributed by atoms with Crippen LogP contribution in [-0.2, 0) is 4.79 Å². The Morgan fingerprint density at radius 2 is 1.56 bits per heavy atom. The molecule has 2 heterocycles. The van der Waals surface area contributed by atoms with Crippen LogP contribution in [-0.4, -0.2) is 29.9 Å². The quantitative estimate of drug-likeness (QED) is 0.578. The number of nitrogens with zero attached hydrogens (tertiary/aromatic N) is 2. The molecule has 1 aromatic heterocycles. The molecule has 0 unspecified atom stereocenters. The first-order valence-electron chi connectivity index (χ1n) is 10.5. The lowest BCUT2D eigenvalue weighted by atomic mass is 9.95. The Morgan fingerprint density at radius 3 is 2.25 bits per heavy atom. The van der Waals surface area contributed by atoms with Gasteiger partial charge in [0, 0.05) is 42.8 Å². The largest absolute Gasteiger partial charge is 0.371 e. The molecule has 0 atom stereocenters. The van der Waals surface area contributed by atoms with Gasteiger partial charge in [-0.3, -0.25) is 14.6 Å². The number of pyridine rings is 1. The number of aromatic nitrogens is 1. The van der Waals surface area contributed by atoms with Crippen molar-refractivity contribution in [3.63, 3.8) is 0 Å². The van der Waals surface area contributed by atoms with Crippen molar-refractivity contribution >= 4 is 41.3 Å². The van der Waals surface area contributed by atoms with E-state index < -0.39 is 0 Å². The van der Waals surface area contributed by atoms with E-state index in [-0.39, 0.29) is 30.1 Å². The number of benzene rings is 2. The van der Waals surface area contributed by atoms with Crippen molar-refractivity contribution in [2.45, 2.75) is 19.8 Å². The molecule has 2 N–H and O–H groups in total. The average molecular weight is 451 g/mol. The molecule has 0 bridgehead atoms. The first kappa shape index (κ1) is 23.3. The highest BCUT2D eigenvalue weighted by Crippen LogP contribution is 2.25. The van der Waals surface area contributed by atoms with Gasteiger partial charge in [0.2, 0.25) is 5.91 Å². The summed E-state index contributed by atoms with van der Waals surface area (Å²) in [6, 6.07) is 18.7. The molecule has 3 aromatic rings. The van der Waals surface area contributed by atoms with Crippen molar-refractivity contribution < 1.29 is 9.59 Å². The maximum Gasteiger partial charge on any atom is 0.257 e. The monoisotopic (exact) mass is 450 g/mol. The molecule has 1 aliphatic rings. The van der Waals surface area contributed by atoms with Gasteiger partial charge >= 0.3 is 0 Å². The van der Waals surface area contributed by atoms with Crippen LogP contribution in [0, 0.1) is 12.8 Å². The standard InChI is InChI=1S/C25H26N4O2.ClH/c1-18-6-8-20(9-7-18)27-25(31)22-4-2-3-5-23(22)28-24(30)19-12-16-29(17-13-19)21-10-14-26-15-11-21;/h2-11,14-15,19H,12-13,16-17H2,1H3,(H,27,31)(H,28,30);1H. The number of carbonyl (C=O) groups is 2. The number of hydrogen-bond donors (Lipinski definition) is 2. The van der Waals surface area contributed by atoms with Crippen LogP contribution in [0.5, 0.6) is 0 Å². The van der Waals surface area contributed by atoms with Gasteiger partial charge in [-0.1, -0.05) is 29.8 Å². The molecule has 6 nitrogen and oxygen atoms in total. The SMILES string of the molecule is Cc1ccc(NC(=O)c2ccccc2NC(=O)C2CCN(c3ccncc3)CC2)cc1.Cl. The van der Waals surface area contributed by atoms with Gasteiger partial charge in [-0.05, 0) is 56.2 Å². The first-order chi connectivity index (χ1) is 15.1. The second-order valence-corrected chi connectivity index (χ2v) is 7.82. The number of nitrogens with one attached hydrogen (secondary N) is 2. The normalized spacial score (nSPS) is 13.7. The van der Waals surface area contributed by atoms with Gasteiger partial charge in [-0.25, -0.2) is 0 Å². The van der Waals surface area contributed by atoms with E-state index >= 15 is 0 Å². The number of piperidine rings is 1. The first-order valence-corrected chi connectivity index (χ1v) is 10.5. The molecule has 1 saturated heterocycles. The molecule has 1 aliphatic heterocycles. The van der Waals surface area contributed by atoms with Crippen LogP contribution in [0.15, 0.2) is 73.1 Å². The third kappa shape index (κ3) is 5.65. The van der Waals surface area contributed by atoms with E-state index in [0.29, 0.717) is 11.3 Å². The van der Waals surface area contributed by atoms with Crippen LogP contribution in [0.2, 0.25) is 0 Å². The predicted molar refractivity (Wildman–Crippen MR) is 131 cm³/mol. The van der Waals surface area contributed by atoms with E-state index in [0.717, 1.165) is 42.9 Å². The number of amides is 2. The predicted octanol–water partition coefficient (Wildman–Crippen LogP) is 4.92. The van der Waals surface area contributed by atoms with E-state index in [1.807, 2.05) is 49.4 Å². The summed E-state index contributed by atoms with van der Waals surface area (Å²) in [5, 5.41) is 5.88. The smallest absolute Gasteiger partial charge is 0.257 e. The molecule has 2 amide bonds. The number of anilines is 3. The molecule has 0 aliphatic carbocycles. The zero-order valence-corrected chi connectivity index (χ0v) is 18.8. The van der Waals surface area contributed by atoms with Crippen molar-refractivity contribution in [2.24, 2.45) is 5.92 Å². The average Bonchev–Trinajstić information content (AvgIpc) is 2.81. The van der Waals surface area contributed by atoms with Crippen LogP contribution >= 0.6 is 12.4 Å². The molecule has 0 saturated carbocycles. The van der Waals surface area contributed by atoms with Gasteiger partial charge in [0.15, 0.2) is 0 Å². The van der Waals surface area contributed by atoms with E-state index in [1.54, 1.807) is 30.6 Å². The van der Waals surface area contributed by atoms with Crippen molar-refractivity contribution in [1.82, 2.24) is 4.98 Å². The van der Waals surface area contributed by atoms with Gasteiger partial charge in [-0.2, -0.15) is 0 Å². The van der Waals surface area contributed by atoms with Crippen molar-refractivity contribution in [1.29, 1.82) is 0 Å². The Bertz CT molecular complexity index is 1050. The Balaban J connectivity index is 0.00000289. The summed E-state index contributed by atoms with van der Waals surface area (Å²) in [5.74, 6) is -0.358. The summed E-state index contributed by atoms with van der Waals surface area (Å²) in [6.45, 7) is 3.63. The third-order valence-electron chi connectivity index (χ3n) is 5.63. The molecule has 1 fully saturated rings. The molecule has 32 heavy (non-hydrogen) atoms. The maximum atomic E-state index is 12.9. The topological polar surface area (TPSA) is 74.3 Å². The molecule has 166 valence electrons. The van der Waals surface area contributed by atoms with Crippen molar-refractivity contribution in [3.05, 3.63) is 84.2 Å². The lowest BCUT2D eigenvalue weighted by Crippen LogP contribution is -2.38. The zero-order chi connectivity index (χ0) is 21.6. The van der Waals surface area contributed by atoms with E-state index in [2.05, 4.69) is 20.5 Å². The van der Waals surface area contributed by atoms with Crippen LogP contribution in [0.3, 0.4) is 0 Å². The molecule has 0 radical (unpaired) electrons. The lowest BCUT2D eigenvalue weighted by Gasteiger charge is -2.33. The molecule has 4 rings (SSSR count). The van der Waals surface area contributed by atoms with Crippen molar-refractivity contribution in [3.8, 4) is 0 Å². The number of halogens is 1. The number of aryl methyl sites for hydroxylation is 1. The second-order valence-electron chi connectivity index (χ2n) is 7.82. The van der Waals surface area contributed by atoms with Crippen LogP contribution in [0.25, 0.3) is 0 Å². The van der Waals surface area contributed by atoms with E-state index in [1.165, 1.54) is 0 Å². The molecule has 7 heteroatoms. The third-order valence-corrected chi connectivity index (χ3v) is 5.63. The fraction of sp³-hybridized carbons (Fsp3) is 0.240. The van der Waals surface area contributed by atoms with Crippen LogP contribution in [0.4, 0.5) is 17.1 Å². The summed E-state index contributed by atoms with van der Waals surface area (Å²) in [5.41, 5.74) is 3.96. The minimum absolute atomic E-state index is 0. The Hall–Kier alpha value is -3.38. The fourth-order valence-corrected chi connectivity index (χ4v) is 3.81. The zero-order valence-electron chi connectivity index (χ0n) is 18.0. The number of rotatable bonds is 5. The highest BCUT2D eigenvalue weighted by Gasteiger charge is 2.26. The Morgan fingerprint density at radius 1 is 0.906 bits per heavy atom. The Kier molecular flexibility index (Phi) is 7.84. The van der Waals surface area contributed by atoms with Crippen LogP contribution < -0.4 is 15.5 Å². The highest BCUT2D eigenvalue weighted by molar-refractivity contribution is 6.10. The number of para-hydroxylation sites is 1.